The van der Waals surface area contributed by atoms with Crippen LogP contribution in [0.25, 0.3) is 0 Å². The fourth-order valence-corrected chi connectivity index (χ4v) is 2.96. The molecule has 0 heterocycles. The molecule has 0 N–H and O–H groups in total. The highest BCUT2D eigenvalue weighted by Crippen LogP contribution is 2.10. The number of carbonyl (C=O) groups excluding carboxylic acids is 1. The molecule has 0 aliphatic rings. The van der Waals surface area contributed by atoms with E-state index >= 15 is 0 Å². The van der Waals surface area contributed by atoms with Crippen molar-refractivity contribution in [1.82, 2.24) is 0 Å². The van der Waals surface area contributed by atoms with Gasteiger partial charge in [0.1, 0.15) is 0 Å². The van der Waals surface area contributed by atoms with E-state index < -0.39 is 10.8 Å². The number of benzene rings is 2. The number of ether oxygens (including phenoxy) is 2. The number of methoxy groups -OCH3 is 1. The lowest BCUT2D eigenvalue weighted by Crippen LogP contribution is -2.07. The van der Waals surface area contributed by atoms with Crippen LogP contribution in [0.15, 0.2) is 59.5 Å². The molecule has 0 aliphatic heterocycles. The van der Waals surface area contributed by atoms with Gasteiger partial charge in [-0.1, -0.05) is 42.5 Å². The Morgan fingerprint density at radius 1 is 1.00 bits per heavy atom. The minimum absolute atomic E-state index is 0.226. The highest BCUT2D eigenvalue weighted by Gasteiger charge is 2.06. The lowest BCUT2D eigenvalue weighted by Gasteiger charge is -2.06. The van der Waals surface area contributed by atoms with Crippen molar-refractivity contribution in [3.8, 4) is 0 Å². The molecule has 23 heavy (non-hydrogen) atoms. The SMILES string of the molecule is COC(=O)Cc1ccc(S(=O)CCOCc2ccccc2)cc1. The molecule has 0 spiro atoms. The van der Waals surface area contributed by atoms with E-state index in [9.17, 15) is 9.00 Å². The van der Waals surface area contributed by atoms with Gasteiger partial charge in [-0.3, -0.25) is 9.00 Å². The minimum Gasteiger partial charge on any atom is -0.469 e. The number of hydrogen-bond donors (Lipinski definition) is 0. The first-order valence-corrected chi connectivity index (χ1v) is 8.66. The Bertz CT molecular complexity index is 638. The van der Waals surface area contributed by atoms with Crippen molar-refractivity contribution in [2.45, 2.75) is 17.9 Å². The van der Waals surface area contributed by atoms with Gasteiger partial charge in [-0.15, -0.1) is 0 Å². The van der Waals surface area contributed by atoms with Crippen LogP contribution in [0.1, 0.15) is 11.1 Å². The van der Waals surface area contributed by atoms with Gasteiger partial charge in [0, 0.05) is 4.90 Å². The van der Waals surface area contributed by atoms with Gasteiger partial charge in [-0.25, -0.2) is 0 Å². The van der Waals surface area contributed by atoms with E-state index in [1.165, 1.54) is 7.11 Å². The first-order valence-electron chi connectivity index (χ1n) is 7.35. The Labute approximate surface area is 138 Å². The van der Waals surface area contributed by atoms with Crippen LogP contribution in [0.4, 0.5) is 0 Å². The quantitative estimate of drug-likeness (QED) is 0.551. The lowest BCUT2D eigenvalue weighted by molar-refractivity contribution is -0.139. The van der Waals surface area contributed by atoms with Crippen molar-refractivity contribution in [2.75, 3.05) is 19.5 Å². The predicted octanol–water partition coefficient (Wildman–Crippen LogP) is 2.73. The van der Waals surface area contributed by atoms with Crippen LogP contribution in [-0.4, -0.2) is 29.6 Å². The molecule has 2 aromatic rings. The topological polar surface area (TPSA) is 52.6 Å². The van der Waals surface area contributed by atoms with E-state index in [0.717, 1.165) is 16.0 Å². The minimum atomic E-state index is -1.11. The first-order chi connectivity index (χ1) is 11.2. The van der Waals surface area contributed by atoms with Crippen LogP contribution < -0.4 is 0 Å². The maximum absolute atomic E-state index is 12.2. The molecule has 0 saturated carbocycles. The van der Waals surface area contributed by atoms with Crippen LogP contribution in [0, 0.1) is 0 Å². The smallest absolute Gasteiger partial charge is 0.309 e. The summed E-state index contributed by atoms with van der Waals surface area (Å²) < 4.78 is 22.4. The summed E-state index contributed by atoms with van der Waals surface area (Å²) in [6.45, 7) is 0.960. The van der Waals surface area contributed by atoms with Gasteiger partial charge in [-0.05, 0) is 23.3 Å². The Hall–Kier alpha value is -1.98. The zero-order chi connectivity index (χ0) is 16.5. The second-order valence-corrected chi connectivity index (χ2v) is 6.56. The standard InChI is InChI=1S/C18H20O4S/c1-21-18(19)13-15-7-9-17(10-8-15)23(20)12-11-22-14-16-5-3-2-4-6-16/h2-10H,11-14H2,1H3. The molecule has 1 unspecified atom stereocenters. The molecule has 0 saturated heterocycles. The fraction of sp³-hybridized carbons (Fsp3) is 0.278. The van der Waals surface area contributed by atoms with E-state index in [2.05, 4.69) is 4.74 Å². The van der Waals surface area contributed by atoms with Crippen molar-refractivity contribution in [3.05, 3.63) is 65.7 Å². The second kappa shape index (κ2) is 9.22. The van der Waals surface area contributed by atoms with Gasteiger partial charge >= 0.3 is 5.97 Å². The fourth-order valence-electron chi connectivity index (χ4n) is 2.01. The zero-order valence-electron chi connectivity index (χ0n) is 13.1. The van der Waals surface area contributed by atoms with E-state index in [0.29, 0.717) is 19.0 Å². The normalized spacial score (nSPS) is 11.9. The van der Waals surface area contributed by atoms with Crippen molar-refractivity contribution < 1.29 is 18.5 Å². The van der Waals surface area contributed by atoms with E-state index in [-0.39, 0.29) is 12.4 Å². The summed E-state index contributed by atoms with van der Waals surface area (Å²) in [4.78, 5) is 11.9. The number of esters is 1. The average Bonchev–Trinajstić information content (AvgIpc) is 2.60. The second-order valence-electron chi connectivity index (χ2n) is 4.98. The maximum Gasteiger partial charge on any atom is 0.309 e. The summed E-state index contributed by atoms with van der Waals surface area (Å²) in [5.74, 6) is 0.164. The third kappa shape index (κ3) is 5.96. The maximum atomic E-state index is 12.2. The van der Waals surface area contributed by atoms with Gasteiger partial charge in [0.05, 0.1) is 43.3 Å². The molecular weight excluding hydrogens is 312 g/mol. The average molecular weight is 332 g/mol. The van der Waals surface area contributed by atoms with Crippen molar-refractivity contribution in [1.29, 1.82) is 0 Å². The van der Waals surface area contributed by atoms with Gasteiger partial charge in [0.25, 0.3) is 0 Å². The molecule has 2 rings (SSSR count). The highest BCUT2D eigenvalue weighted by atomic mass is 32.2. The van der Waals surface area contributed by atoms with Crippen LogP contribution in [-0.2, 0) is 38.1 Å². The number of carbonyl (C=O) groups is 1. The van der Waals surface area contributed by atoms with E-state index in [1.54, 1.807) is 24.3 Å². The molecule has 2 aromatic carbocycles. The Balaban J connectivity index is 1.76. The van der Waals surface area contributed by atoms with Gasteiger partial charge in [0.2, 0.25) is 0 Å². The largest absolute Gasteiger partial charge is 0.469 e. The zero-order valence-corrected chi connectivity index (χ0v) is 13.9. The summed E-state index contributed by atoms with van der Waals surface area (Å²) in [5, 5.41) is 0. The summed E-state index contributed by atoms with van der Waals surface area (Å²) in [7, 11) is 0.257. The molecular formula is C18H20O4S. The monoisotopic (exact) mass is 332 g/mol. The van der Waals surface area contributed by atoms with Crippen molar-refractivity contribution in [2.24, 2.45) is 0 Å². The van der Waals surface area contributed by atoms with Crippen LogP contribution in [0.2, 0.25) is 0 Å². The summed E-state index contributed by atoms with van der Waals surface area (Å²) in [6, 6.07) is 17.1. The Kier molecular flexibility index (Phi) is 6.97. The first kappa shape index (κ1) is 17.4. The number of rotatable bonds is 8. The van der Waals surface area contributed by atoms with Gasteiger partial charge in [-0.2, -0.15) is 0 Å². The summed E-state index contributed by atoms with van der Waals surface area (Å²) in [5.41, 5.74) is 1.95. The molecule has 1 atom stereocenters. The summed E-state index contributed by atoms with van der Waals surface area (Å²) >= 11 is 0. The molecule has 0 aliphatic carbocycles. The molecule has 0 radical (unpaired) electrons. The van der Waals surface area contributed by atoms with E-state index in [4.69, 9.17) is 4.74 Å². The molecule has 0 aromatic heterocycles. The molecule has 122 valence electrons. The van der Waals surface area contributed by atoms with Crippen LogP contribution in [0.5, 0.6) is 0 Å². The van der Waals surface area contributed by atoms with Gasteiger partial charge < -0.3 is 9.47 Å². The molecule has 0 fully saturated rings. The molecule has 0 bridgehead atoms. The molecule has 4 nitrogen and oxygen atoms in total. The lowest BCUT2D eigenvalue weighted by atomic mass is 10.2. The Morgan fingerprint density at radius 3 is 2.35 bits per heavy atom. The predicted molar refractivity (Wildman–Crippen MR) is 89.5 cm³/mol. The molecule has 0 amide bonds. The van der Waals surface area contributed by atoms with Crippen molar-refractivity contribution in [3.63, 3.8) is 0 Å². The third-order valence-electron chi connectivity index (χ3n) is 3.29. The highest BCUT2D eigenvalue weighted by molar-refractivity contribution is 7.85. The number of hydrogen-bond acceptors (Lipinski definition) is 4. The van der Waals surface area contributed by atoms with Crippen LogP contribution in [0.3, 0.4) is 0 Å². The van der Waals surface area contributed by atoms with E-state index in [1.807, 2.05) is 30.3 Å². The molecule has 5 heteroatoms. The van der Waals surface area contributed by atoms with Gasteiger partial charge in [0.15, 0.2) is 0 Å². The van der Waals surface area contributed by atoms with Crippen LogP contribution >= 0.6 is 0 Å². The van der Waals surface area contributed by atoms with Crippen molar-refractivity contribution >= 4 is 16.8 Å². The Morgan fingerprint density at radius 2 is 1.70 bits per heavy atom. The summed E-state index contributed by atoms with van der Waals surface area (Å²) in [6.07, 6.45) is 0.226. The third-order valence-corrected chi connectivity index (χ3v) is 4.62.